The van der Waals surface area contributed by atoms with E-state index in [4.69, 9.17) is 9.84 Å². The van der Waals surface area contributed by atoms with Gasteiger partial charge in [-0.1, -0.05) is 13.8 Å². The van der Waals surface area contributed by atoms with Crippen LogP contribution in [-0.4, -0.2) is 65.3 Å². The number of ether oxygens (including phenoxy) is 1. The molecule has 0 saturated carbocycles. The minimum absolute atomic E-state index is 0.0178. The van der Waals surface area contributed by atoms with Gasteiger partial charge in [0.15, 0.2) is 0 Å². The highest BCUT2D eigenvalue weighted by Crippen LogP contribution is 2.26. The van der Waals surface area contributed by atoms with Crippen LogP contribution in [0.3, 0.4) is 0 Å². The Morgan fingerprint density at radius 2 is 2.05 bits per heavy atom. The van der Waals surface area contributed by atoms with E-state index in [1.165, 1.54) is 0 Å². The molecular formula is C14H24N2O4. The largest absolute Gasteiger partial charge is 0.481 e. The average molecular weight is 284 g/mol. The number of morpholine rings is 1. The first-order chi connectivity index (χ1) is 9.50. The van der Waals surface area contributed by atoms with Gasteiger partial charge in [-0.3, -0.25) is 4.79 Å². The highest BCUT2D eigenvalue weighted by atomic mass is 16.5. The molecule has 0 radical (unpaired) electrons. The monoisotopic (exact) mass is 284 g/mol. The molecule has 2 unspecified atom stereocenters. The summed E-state index contributed by atoms with van der Waals surface area (Å²) in [6.07, 6.45) is 2.02. The Balaban J connectivity index is 2.07. The molecule has 2 heterocycles. The van der Waals surface area contributed by atoms with E-state index in [9.17, 15) is 9.59 Å². The Kier molecular flexibility index (Phi) is 4.86. The van der Waals surface area contributed by atoms with Crippen molar-refractivity contribution in [3.8, 4) is 0 Å². The van der Waals surface area contributed by atoms with Crippen molar-refractivity contribution in [2.45, 2.75) is 45.2 Å². The van der Waals surface area contributed by atoms with Gasteiger partial charge in [0.25, 0.3) is 0 Å². The molecule has 2 aliphatic rings. The second-order valence-corrected chi connectivity index (χ2v) is 5.95. The molecule has 114 valence electrons. The number of carbonyl (C=O) groups is 2. The summed E-state index contributed by atoms with van der Waals surface area (Å²) in [6.45, 7) is 6.33. The Morgan fingerprint density at radius 1 is 1.30 bits per heavy atom. The number of aliphatic carboxylic acids is 1. The number of amides is 2. The maximum absolute atomic E-state index is 12.7. The highest BCUT2D eigenvalue weighted by molar-refractivity contribution is 5.77. The molecule has 2 rings (SSSR count). The number of carbonyl (C=O) groups excluding carboxylic acids is 1. The highest BCUT2D eigenvalue weighted by Gasteiger charge is 2.37. The van der Waals surface area contributed by atoms with Crippen LogP contribution in [0.2, 0.25) is 0 Å². The van der Waals surface area contributed by atoms with Crippen molar-refractivity contribution in [1.82, 2.24) is 9.80 Å². The number of hydrogen-bond donors (Lipinski definition) is 1. The number of rotatable bonds is 3. The quantitative estimate of drug-likeness (QED) is 0.850. The summed E-state index contributed by atoms with van der Waals surface area (Å²) in [5, 5.41) is 8.96. The fraction of sp³-hybridized carbons (Fsp3) is 0.857. The van der Waals surface area contributed by atoms with E-state index in [-0.39, 0.29) is 24.5 Å². The topological polar surface area (TPSA) is 70.1 Å². The van der Waals surface area contributed by atoms with Gasteiger partial charge in [-0.2, -0.15) is 0 Å². The van der Waals surface area contributed by atoms with Crippen molar-refractivity contribution in [2.75, 3.05) is 26.3 Å². The molecule has 2 aliphatic heterocycles. The van der Waals surface area contributed by atoms with Crippen LogP contribution in [0.5, 0.6) is 0 Å². The lowest BCUT2D eigenvalue weighted by molar-refractivity contribution is -0.139. The predicted octanol–water partition coefficient (Wildman–Crippen LogP) is 1.40. The first-order valence-electron chi connectivity index (χ1n) is 7.37. The minimum Gasteiger partial charge on any atom is -0.481 e. The van der Waals surface area contributed by atoms with Gasteiger partial charge in [0.05, 0.1) is 25.7 Å². The Morgan fingerprint density at radius 3 is 2.70 bits per heavy atom. The van der Waals surface area contributed by atoms with E-state index in [1.807, 2.05) is 4.90 Å². The molecule has 2 atom stereocenters. The summed E-state index contributed by atoms with van der Waals surface area (Å²) in [5.74, 6) is -0.458. The third kappa shape index (κ3) is 3.23. The van der Waals surface area contributed by atoms with E-state index < -0.39 is 5.97 Å². The second-order valence-electron chi connectivity index (χ2n) is 5.95. The van der Waals surface area contributed by atoms with Crippen molar-refractivity contribution in [1.29, 1.82) is 0 Å². The zero-order valence-electron chi connectivity index (χ0n) is 12.2. The third-order valence-corrected chi connectivity index (χ3v) is 4.20. The lowest BCUT2D eigenvalue weighted by Gasteiger charge is -2.39. The number of carboxylic acids is 1. The van der Waals surface area contributed by atoms with Gasteiger partial charge in [-0.15, -0.1) is 0 Å². The van der Waals surface area contributed by atoms with Crippen LogP contribution >= 0.6 is 0 Å². The lowest BCUT2D eigenvalue weighted by Crippen LogP contribution is -2.55. The van der Waals surface area contributed by atoms with Crippen LogP contribution < -0.4 is 0 Å². The zero-order valence-corrected chi connectivity index (χ0v) is 12.2. The van der Waals surface area contributed by atoms with Gasteiger partial charge >= 0.3 is 12.0 Å². The number of urea groups is 1. The van der Waals surface area contributed by atoms with E-state index in [0.717, 1.165) is 19.4 Å². The molecule has 6 nitrogen and oxygen atoms in total. The van der Waals surface area contributed by atoms with E-state index in [1.54, 1.807) is 4.90 Å². The molecule has 20 heavy (non-hydrogen) atoms. The first kappa shape index (κ1) is 15.1. The molecule has 0 spiro atoms. The molecule has 2 saturated heterocycles. The molecule has 0 bridgehead atoms. The van der Waals surface area contributed by atoms with Crippen molar-refractivity contribution < 1.29 is 19.4 Å². The number of nitrogens with zero attached hydrogens (tertiary/aromatic N) is 2. The van der Waals surface area contributed by atoms with E-state index in [0.29, 0.717) is 25.7 Å². The van der Waals surface area contributed by atoms with Crippen LogP contribution in [0.4, 0.5) is 4.79 Å². The van der Waals surface area contributed by atoms with Gasteiger partial charge in [-0.05, 0) is 18.8 Å². The van der Waals surface area contributed by atoms with Crippen molar-refractivity contribution >= 4 is 12.0 Å². The summed E-state index contributed by atoms with van der Waals surface area (Å²) < 4.78 is 5.32. The molecule has 0 aromatic rings. The van der Waals surface area contributed by atoms with Gasteiger partial charge < -0.3 is 19.6 Å². The van der Waals surface area contributed by atoms with Gasteiger partial charge in [0.2, 0.25) is 0 Å². The maximum atomic E-state index is 12.7. The van der Waals surface area contributed by atoms with E-state index >= 15 is 0 Å². The molecule has 0 aliphatic carbocycles. The molecule has 6 heteroatoms. The average Bonchev–Trinajstić information content (AvgIpc) is 2.87. The number of likely N-dealkylation sites (tertiary alicyclic amines) is 1. The first-order valence-corrected chi connectivity index (χ1v) is 7.37. The molecule has 0 aromatic heterocycles. The Hall–Kier alpha value is -1.30. The smallest absolute Gasteiger partial charge is 0.320 e. The van der Waals surface area contributed by atoms with Crippen LogP contribution in [0, 0.1) is 5.92 Å². The second kappa shape index (κ2) is 6.43. The van der Waals surface area contributed by atoms with Crippen molar-refractivity contribution in [2.24, 2.45) is 5.92 Å². The SMILES string of the molecule is CC(C)C1CCCN1C(=O)N1CCOCC1CC(=O)O. The standard InChI is InChI=1S/C14H24N2O4/c1-10(2)12-4-3-5-16(12)14(19)15-6-7-20-9-11(15)8-13(17)18/h10-12H,3-9H2,1-2H3,(H,17,18). The summed E-state index contributed by atoms with van der Waals surface area (Å²) in [5.41, 5.74) is 0. The normalized spacial score (nSPS) is 27.1. The Labute approximate surface area is 119 Å². The maximum Gasteiger partial charge on any atom is 0.320 e. The van der Waals surface area contributed by atoms with Gasteiger partial charge in [-0.25, -0.2) is 4.79 Å². The molecule has 2 fully saturated rings. The zero-order chi connectivity index (χ0) is 14.7. The lowest BCUT2D eigenvalue weighted by atomic mass is 10.0. The third-order valence-electron chi connectivity index (χ3n) is 4.20. The summed E-state index contributed by atoms with van der Waals surface area (Å²) in [7, 11) is 0. The van der Waals surface area contributed by atoms with Crippen LogP contribution in [-0.2, 0) is 9.53 Å². The summed E-state index contributed by atoms with van der Waals surface area (Å²) in [6, 6.07) is -0.0891. The fourth-order valence-electron chi connectivity index (χ4n) is 3.17. The predicted molar refractivity (Wildman–Crippen MR) is 73.5 cm³/mol. The van der Waals surface area contributed by atoms with Gasteiger partial charge in [0.1, 0.15) is 0 Å². The minimum atomic E-state index is -0.889. The van der Waals surface area contributed by atoms with Crippen LogP contribution in [0.25, 0.3) is 0 Å². The summed E-state index contributed by atoms with van der Waals surface area (Å²) >= 11 is 0. The molecular weight excluding hydrogens is 260 g/mol. The summed E-state index contributed by atoms with van der Waals surface area (Å²) in [4.78, 5) is 27.2. The van der Waals surface area contributed by atoms with E-state index in [2.05, 4.69) is 13.8 Å². The van der Waals surface area contributed by atoms with Crippen LogP contribution in [0.1, 0.15) is 33.1 Å². The van der Waals surface area contributed by atoms with Crippen molar-refractivity contribution in [3.63, 3.8) is 0 Å². The van der Waals surface area contributed by atoms with Gasteiger partial charge in [0, 0.05) is 19.1 Å². The number of hydrogen-bond acceptors (Lipinski definition) is 3. The molecule has 0 aromatic carbocycles. The fourth-order valence-corrected chi connectivity index (χ4v) is 3.17. The van der Waals surface area contributed by atoms with Crippen molar-refractivity contribution in [3.05, 3.63) is 0 Å². The molecule has 2 amide bonds. The van der Waals surface area contributed by atoms with Crippen LogP contribution in [0.15, 0.2) is 0 Å². The molecule has 1 N–H and O–H groups in total. The Bertz CT molecular complexity index is 372. The number of carboxylic acid groups (broad SMARTS) is 1.